The Bertz CT molecular complexity index is 950. The fraction of sp³-hybridized carbons (Fsp3) is 0.400. The van der Waals surface area contributed by atoms with Crippen LogP contribution in [0.4, 0.5) is 4.39 Å². The van der Waals surface area contributed by atoms with Crippen LogP contribution in [-0.2, 0) is 15.0 Å². The van der Waals surface area contributed by atoms with Gasteiger partial charge in [0.15, 0.2) is 0 Å². The highest BCUT2D eigenvalue weighted by Gasteiger charge is 2.59. The smallest absolute Gasteiger partial charge is 0.283 e. The summed E-state index contributed by atoms with van der Waals surface area (Å²) in [7, 11) is 0. The average molecular weight is 369 g/mol. The van der Waals surface area contributed by atoms with Crippen LogP contribution in [0.15, 0.2) is 41.5 Å². The number of aromatic nitrogens is 1. The largest absolute Gasteiger partial charge is 0.487 e. The minimum absolute atomic E-state index is 0.0544. The molecule has 0 aliphatic carbocycles. The maximum absolute atomic E-state index is 14.2. The number of hydrogen-bond donors (Lipinski definition) is 1. The van der Waals surface area contributed by atoms with Crippen molar-refractivity contribution >= 4 is 6.02 Å². The first-order valence-electron chi connectivity index (χ1n) is 9.02. The lowest BCUT2D eigenvalue weighted by Crippen LogP contribution is -2.59. The zero-order valence-electron chi connectivity index (χ0n) is 14.9. The van der Waals surface area contributed by atoms with Crippen LogP contribution >= 0.6 is 0 Å². The van der Waals surface area contributed by atoms with Gasteiger partial charge in [-0.1, -0.05) is 6.07 Å². The number of nitrogens with zero attached hydrogens (tertiary/aromatic N) is 2. The van der Waals surface area contributed by atoms with Crippen LogP contribution in [0, 0.1) is 11.9 Å². The molecule has 1 fully saturated rings. The number of hydrogen-bond acceptors (Lipinski definition) is 6. The average Bonchev–Trinajstić information content (AvgIpc) is 3.04. The Hall–Kier alpha value is -2.67. The summed E-state index contributed by atoms with van der Waals surface area (Å²) in [4.78, 5) is 8.47. The van der Waals surface area contributed by atoms with Crippen molar-refractivity contribution in [1.82, 2.24) is 4.98 Å². The molecule has 5 rings (SSSR count). The number of aliphatic imine (C=N–C) groups is 1. The molecule has 3 aliphatic heterocycles. The predicted molar refractivity (Wildman–Crippen MR) is 96.8 cm³/mol. The molecule has 6 nitrogen and oxygen atoms in total. The van der Waals surface area contributed by atoms with E-state index in [2.05, 4.69) is 11.9 Å². The number of ether oxygens (including phenoxy) is 3. The van der Waals surface area contributed by atoms with Crippen molar-refractivity contribution in [3.8, 4) is 16.9 Å². The summed E-state index contributed by atoms with van der Waals surface area (Å²) >= 11 is 0. The normalized spacial score (nSPS) is 31.5. The molecule has 0 amide bonds. The van der Waals surface area contributed by atoms with E-state index in [0.717, 1.165) is 17.7 Å². The van der Waals surface area contributed by atoms with Gasteiger partial charge >= 0.3 is 0 Å². The Kier molecular flexibility index (Phi) is 3.46. The van der Waals surface area contributed by atoms with E-state index in [1.807, 2.05) is 18.2 Å². The topological polar surface area (TPSA) is 79.0 Å². The minimum Gasteiger partial charge on any atom is -0.487 e. The van der Waals surface area contributed by atoms with Crippen LogP contribution in [0.5, 0.6) is 5.75 Å². The maximum Gasteiger partial charge on any atom is 0.283 e. The molecule has 0 saturated carbocycles. The molecule has 7 heteroatoms. The molecular formula is C20H20FN3O3. The van der Waals surface area contributed by atoms with Crippen LogP contribution in [-0.4, -0.2) is 36.4 Å². The van der Waals surface area contributed by atoms with E-state index >= 15 is 0 Å². The molecule has 1 aromatic heterocycles. The van der Waals surface area contributed by atoms with Gasteiger partial charge in [-0.25, -0.2) is 9.98 Å². The van der Waals surface area contributed by atoms with Crippen LogP contribution in [0.2, 0.25) is 0 Å². The third-order valence-electron chi connectivity index (χ3n) is 5.95. The van der Waals surface area contributed by atoms with Gasteiger partial charge in [-0.15, -0.1) is 0 Å². The summed E-state index contributed by atoms with van der Waals surface area (Å²) in [5.41, 5.74) is 6.76. The molecule has 2 aromatic rings. The van der Waals surface area contributed by atoms with Gasteiger partial charge < -0.3 is 19.9 Å². The molecule has 1 unspecified atom stereocenters. The van der Waals surface area contributed by atoms with E-state index in [-0.39, 0.29) is 11.9 Å². The van der Waals surface area contributed by atoms with E-state index in [1.165, 1.54) is 6.20 Å². The zero-order valence-corrected chi connectivity index (χ0v) is 14.9. The summed E-state index contributed by atoms with van der Waals surface area (Å²) in [6.07, 6.45) is 2.19. The fourth-order valence-electron chi connectivity index (χ4n) is 4.52. The fourth-order valence-corrected chi connectivity index (χ4v) is 4.52. The van der Waals surface area contributed by atoms with Crippen LogP contribution in [0.3, 0.4) is 0 Å². The Morgan fingerprint density at radius 3 is 2.96 bits per heavy atom. The van der Waals surface area contributed by atoms with E-state index in [9.17, 15) is 4.39 Å². The Labute approximate surface area is 156 Å². The van der Waals surface area contributed by atoms with Gasteiger partial charge in [-0.05, 0) is 36.8 Å². The van der Waals surface area contributed by atoms with Gasteiger partial charge in [0.25, 0.3) is 6.02 Å². The highest BCUT2D eigenvalue weighted by Crippen LogP contribution is 2.54. The minimum atomic E-state index is -0.707. The monoisotopic (exact) mass is 369 g/mol. The number of benzene rings is 1. The summed E-state index contributed by atoms with van der Waals surface area (Å²) in [5, 5.41) is 0. The SMILES string of the molecule is C[C@@]12CCOC[C@H]1C1(COC(N)=N1)c1cc(-c3cccnc3F)ccc1O2. The second-order valence-electron chi connectivity index (χ2n) is 7.51. The molecule has 1 spiro atoms. The first-order valence-corrected chi connectivity index (χ1v) is 9.02. The molecule has 140 valence electrons. The van der Waals surface area contributed by atoms with E-state index < -0.39 is 17.1 Å². The molecular weight excluding hydrogens is 349 g/mol. The number of pyridine rings is 1. The Morgan fingerprint density at radius 1 is 1.30 bits per heavy atom. The number of nitrogens with two attached hydrogens (primary N) is 1. The highest BCUT2D eigenvalue weighted by atomic mass is 19.1. The Morgan fingerprint density at radius 2 is 2.19 bits per heavy atom. The van der Waals surface area contributed by atoms with E-state index in [0.29, 0.717) is 30.9 Å². The van der Waals surface area contributed by atoms with Crippen molar-refractivity contribution in [2.45, 2.75) is 24.5 Å². The van der Waals surface area contributed by atoms with Crippen LogP contribution < -0.4 is 10.5 Å². The van der Waals surface area contributed by atoms with Crippen molar-refractivity contribution in [2.75, 3.05) is 19.8 Å². The molecule has 3 atom stereocenters. The van der Waals surface area contributed by atoms with Crippen molar-refractivity contribution < 1.29 is 18.6 Å². The van der Waals surface area contributed by atoms with Crippen molar-refractivity contribution in [2.24, 2.45) is 16.6 Å². The van der Waals surface area contributed by atoms with E-state index in [4.69, 9.17) is 24.9 Å². The number of rotatable bonds is 1. The number of fused-ring (bicyclic) bond motifs is 4. The van der Waals surface area contributed by atoms with Gasteiger partial charge in [0.2, 0.25) is 5.95 Å². The highest BCUT2D eigenvalue weighted by molar-refractivity contribution is 5.75. The number of halogens is 1. The van der Waals surface area contributed by atoms with Crippen molar-refractivity contribution in [3.63, 3.8) is 0 Å². The first kappa shape index (κ1) is 16.5. The summed E-state index contributed by atoms with van der Waals surface area (Å²) in [5.74, 6) is 0.159. The van der Waals surface area contributed by atoms with Gasteiger partial charge in [-0.3, -0.25) is 0 Å². The Balaban J connectivity index is 1.71. The molecule has 2 N–H and O–H groups in total. The lowest BCUT2D eigenvalue weighted by atomic mass is 9.66. The maximum atomic E-state index is 14.2. The van der Waals surface area contributed by atoms with Gasteiger partial charge in [0, 0.05) is 23.7 Å². The van der Waals surface area contributed by atoms with Crippen molar-refractivity contribution in [3.05, 3.63) is 48.0 Å². The molecule has 3 aliphatic rings. The molecule has 0 bridgehead atoms. The van der Waals surface area contributed by atoms with E-state index in [1.54, 1.807) is 12.1 Å². The molecule has 1 aromatic carbocycles. The molecule has 0 radical (unpaired) electrons. The molecule has 4 heterocycles. The predicted octanol–water partition coefficient (Wildman–Crippen LogP) is 2.62. The summed E-state index contributed by atoms with van der Waals surface area (Å²) < 4.78 is 32.0. The molecule has 1 saturated heterocycles. The standard InChI is InChI=1S/C20H20FN3O3/c1-19-6-8-25-10-16(19)20(11-26-18(22)24-20)14-9-12(4-5-15(14)27-19)13-3-2-7-23-17(13)21/h2-5,7,9,16H,6,8,10-11H2,1H3,(H2,22,24)/t16-,19-,20?/m1/s1. The van der Waals surface area contributed by atoms with Crippen molar-refractivity contribution in [1.29, 1.82) is 0 Å². The summed E-state index contributed by atoms with van der Waals surface area (Å²) in [6, 6.07) is 9.21. The second kappa shape index (κ2) is 5.66. The lowest BCUT2D eigenvalue weighted by Gasteiger charge is -2.52. The van der Waals surface area contributed by atoms with Crippen LogP contribution in [0.25, 0.3) is 11.1 Å². The summed E-state index contributed by atoms with van der Waals surface area (Å²) in [6.45, 7) is 3.54. The zero-order chi connectivity index (χ0) is 18.6. The third-order valence-corrected chi connectivity index (χ3v) is 5.95. The van der Waals surface area contributed by atoms with Gasteiger partial charge in [0.1, 0.15) is 23.5 Å². The lowest BCUT2D eigenvalue weighted by molar-refractivity contribution is -0.129. The number of amidine groups is 1. The quantitative estimate of drug-likeness (QED) is 0.782. The van der Waals surface area contributed by atoms with Crippen LogP contribution in [0.1, 0.15) is 18.9 Å². The molecule has 27 heavy (non-hydrogen) atoms. The third kappa shape index (κ3) is 2.34. The first-order chi connectivity index (χ1) is 13.0. The van der Waals surface area contributed by atoms with Gasteiger partial charge in [0.05, 0.1) is 19.1 Å². The van der Waals surface area contributed by atoms with Gasteiger partial charge in [-0.2, -0.15) is 4.39 Å². The second-order valence-corrected chi connectivity index (χ2v) is 7.51.